The molecule has 112 valence electrons. The molecule has 21 heavy (non-hydrogen) atoms. The molecule has 0 aliphatic carbocycles. The predicted octanol–water partition coefficient (Wildman–Crippen LogP) is 3.25. The quantitative estimate of drug-likeness (QED) is 0.656. The lowest BCUT2D eigenvalue weighted by atomic mass is 10.1. The molecular weight excluding hydrogens is 273 g/mol. The van der Waals surface area contributed by atoms with Gasteiger partial charge < -0.3 is 9.88 Å². The first-order chi connectivity index (χ1) is 10.0. The van der Waals surface area contributed by atoms with E-state index in [2.05, 4.69) is 5.32 Å². The number of nitro groups is 1. The van der Waals surface area contributed by atoms with Crippen molar-refractivity contribution in [3.05, 3.63) is 63.7 Å². The van der Waals surface area contributed by atoms with E-state index in [9.17, 15) is 14.5 Å². The van der Waals surface area contributed by atoms with E-state index in [0.29, 0.717) is 5.56 Å². The Labute approximate surface area is 122 Å². The molecule has 0 amide bonds. The zero-order chi connectivity index (χ0) is 15.4. The average Bonchev–Trinajstić information content (AvgIpc) is 2.87. The fourth-order valence-electron chi connectivity index (χ4n) is 2.29. The second-order valence-corrected chi connectivity index (χ2v) is 4.93. The Kier molecular flexibility index (Phi) is 4.70. The number of aromatic nitrogens is 1. The molecule has 1 aromatic carbocycles. The van der Waals surface area contributed by atoms with Crippen LogP contribution in [0.15, 0.2) is 36.7 Å². The van der Waals surface area contributed by atoms with Crippen LogP contribution in [-0.2, 0) is 6.54 Å². The van der Waals surface area contributed by atoms with Gasteiger partial charge in [-0.1, -0.05) is 6.92 Å². The van der Waals surface area contributed by atoms with E-state index < -0.39 is 10.7 Å². The Morgan fingerprint density at radius 1 is 1.43 bits per heavy atom. The van der Waals surface area contributed by atoms with Gasteiger partial charge in [0.05, 0.1) is 17.0 Å². The number of nitro benzene ring substituents is 1. The summed E-state index contributed by atoms with van der Waals surface area (Å²) in [6.07, 6.45) is 3.76. The van der Waals surface area contributed by atoms with E-state index in [1.54, 1.807) is 0 Å². The topological polar surface area (TPSA) is 60.1 Å². The number of nitrogens with one attached hydrogen (secondary N) is 1. The molecule has 0 aliphatic rings. The first-order valence-electron chi connectivity index (χ1n) is 6.83. The van der Waals surface area contributed by atoms with Crippen molar-refractivity contribution in [3.8, 4) is 0 Å². The molecular formula is C15H18FN3O2. The van der Waals surface area contributed by atoms with Crippen molar-refractivity contribution in [1.82, 2.24) is 9.88 Å². The van der Waals surface area contributed by atoms with Crippen LogP contribution in [0.3, 0.4) is 0 Å². The Bertz CT molecular complexity index is 640. The molecule has 0 spiro atoms. The molecule has 1 atom stereocenters. The molecule has 0 aliphatic heterocycles. The van der Waals surface area contributed by atoms with Crippen LogP contribution in [0.4, 0.5) is 10.1 Å². The van der Waals surface area contributed by atoms with Crippen LogP contribution in [0.1, 0.15) is 31.0 Å². The summed E-state index contributed by atoms with van der Waals surface area (Å²) in [5.74, 6) is -0.469. The van der Waals surface area contributed by atoms with E-state index >= 15 is 0 Å². The minimum atomic E-state index is -0.486. The van der Waals surface area contributed by atoms with Gasteiger partial charge in [0.15, 0.2) is 0 Å². The molecule has 0 radical (unpaired) electrons. The molecule has 1 N–H and O–H groups in total. The van der Waals surface area contributed by atoms with Gasteiger partial charge in [-0.3, -0.25) is 10.1 Å². The largest absolute Gasteiger partial charge is 0.349 e. The smallest absolute Gasteiger partial charge is 0.274 e. The molecule has 5 nitrogen and oxygen atoms in total. The van der Waals surface area contributed by atoms with Crippen molar-refractivity contribution < 1.29 is 9.31 Å². The summed E-state index contributed by atoms with van der Waals surface area (Å²) in [5, 5.41) is 14.3. The predicted molar refractivity (Wildman–Crippen MR) is 78.7 cm³/mol. The van der Waals surface area contributed by atoms with Gasteiger partial charge in [-0.05, 0) is 37.2 Å². The third-order valence-electron chi connectivity index (χ3n) is 3.37. The Morgan fingerprint density at radius 2 is 2.19 bits per heavy atom. The number of hydrogen-bond donors (Lipinski definition) is 1. The van der Waals surface area contributed by atoms with Crippen molar-refractivity contribution in [2.24, 2.45) is 0 Å². The number of benzene rings is 1. The summed E-state index contributed by atoms with van der Waals surface area (Å²) in [5.41, 5.74) is 1.39. The molecule has 0 fully saturated rings. The van der Waals surface area contributed by atoms with Crippen molar-refractivity contribution in [2.45, 2.75) is 26.4 Å². The summed E-state index contributed by atoms with van der Waals surface area (Å²) in [7, 11) is 0. The highest BCUT2D eigenvalue weighted by molar-refractivity contribution is 5.40. The highest BCUT2D eigenvalue weighted by atomic mass is 19.1. The molecule has 2 aromatic rings. The van der Waals surface area contributed by atoms with Crippen LogP contribution in [0.25, 0.3) is 0 Å². The van der Waals surface area contributed by atoms with Crippen LogP contribution in [-0.4, -0.2) is 16.0 Å². The zero-order valence-electron chi connectivity index (χ0n) is 12.0. The fourth-order valence-corrected chi connectivity index (χ4v) is 2.29. The van der Waals surface area contributed by atoms with Crippen LogP contribution in [0, 0.1) is 15.9 Å². The van der Waals surface area contributed by atoms with Crippen LogP contribution < -0.4 is 5.32 Å². The highest BCUT2D eigenvalue weighted by Gasteiger charge is 2.15. The van der Waals surface area contributed by atoms with Crippen molar-refractivity contribution in [1.29, 1.82) is 0 Å². The van der Waals surface area contributed by atoms with Gasteiger partial charge in [0.2, 0.25) is 0 Å². The molecule has 0 saturated carbocycles. The summed E-state index contributed by atoms with van der Waals surface area (Å²) in [6, 6.07) is 5.69. The normalized spacial score (nSPS) is 12.3. The van der Waals surface area contributed by atoms with Gasteiger partial charge in [-0.25, -0.2) is 4.39 Å². The van der Waals surface area contributed by atoms with Crippen LogP contribution >= 0.6 is 0 Å². The third-order valence-corrected chi connectivity index (χ3v) is 3.37. The number of rotatable bonds is 6. The second-order valence-electron chi connectivity index (χ2n) is 4.93. The van der Waals surface area contributed by atoms with Gasteiger partial charge in [-0.2, -0.15) is 0 Å². The Hall–Kier alpha value is -2.21. The molecule has 0 bridgehead atoms. The minimum absolute atomic E-state index is 0.0635. The summed E-state index contributed by atoms with van der Waals surface area (Å²) < 4.78 is 15.1. The molecule has 1 unspecified atom stereocenters. The monoisotopic (exact) mass is 291 g/mol. The number of nitrogens with zero attached hydrogens (tertiary/aromatic N) is 2. The van der Waals surface area contributed by atoms with E-state index in [0.717, 1.165) is 18.2 Å². The maximum Gasteiger partial charge on any atom is 0.274 e. The fraction of sp³-hybridized carbons (Fsp3) is 0.333. The highest BCUT2D eigenvalue weighted by Crippen LogP contribution is 2.21. The van der Waals surface area contributed by atoms with E-state index in [1.807, 2.05) is 36.9 Å². The minimum Gasteiger partial charge on any atom is -0.349 e. The third kappa shape index (κ3) is 3.66. The van der Waals surface area contributed by atoms with Gasteiger partial charge in [-0.15, -0.1) is 0 Å². The molecule has 0 saturated heterocycles. The molecule has 6 heteroatoms. The lowest BCUT2D eigenvalue weighted by Gasteiger charge is -2.10. The molecule has 1 heterocycles. The van der Waals surface area contributed by atoms with Crippen LogP contribution in [0.5, 0.6) is 0 Å². The summed E-state index contributed by atoms with van der Waals surface area (Å²) >= 11 is 0. The first-order valence-corrected chi connectivity index (χ1v) is 6.83. The second kappa shape index (κ2) is 6.49. The maximum atomic E-state index is 13.3. The summed E-state index contributed by atoms with van der Waals surface area (Å²) in [6.45, 7) is 5.21. The van der Waals surface area contributed by atoms with Gasteiger partial charge in [0.25, 0.3) is 5.69 Å². The maximum absolute atomic E-state index is 13.3. The Balaban J connectivity index is 2.22. The van der Waals surface area contributed by atoms with Gasteiger partial charge in [0.1, 0.15) is 5.82 Å². The lowest BCUT2D eigenvalue weighted by Crippen LogP contribution is -2.17. The van der Waals surface area contributed by atoms with E-state index in [1.165, 1.54) is 12.1 Å². The van der Waals surface area contributed by atoms with Crippen molar-refractivity contribution in [2.75, 3.05) is 6.54 Å². The zero-order valence-corrected chi connectivity index (χ0v) is 12.0. The summed E-state index contributed by atoms with van der Waals surface area (Å²) in [4.78, 5) is 10.5. The number of hydrogen-bond acceptors (Lipinski definition) is 3. The number of halogens is 1. The van der Waals surface area contributed by atoms with Crippen LogP contribution in [0.2, 0.25) is 0 Å². The van der Waals surface area contributed by atoms with Gasteiger partial charge in [0, 0.05) is 24.5 Å². The van der Waals surface area contributed by atoms with Gasteiger partial charge >= 0.3 is 0 Å². The van der Waals surface area contributed by atoms with E-state index in [-0.39, 0.29) is 18.3 Å². The van der Waals surface area contributed by atoms with Crippen molar-refractivity contribution in [3.63, 3.8) is 0 Å². The first kappa shape index (κ1) is 15.2. The molecule has 1 aromatic heterocycles. The van der Waals surface area contributed by atoms with E-state index in [4.69, 9.17) is 0 Å². The average molecular weight is 291 g/mol. The lowest BCUT2D eigenvalue weighted by molar-refractivity contribution is -0.385. The standard InChI is InChI=1S/C15H18FN3O2/c1-3-17-11(2)12-6-7-18(9-12)10-13-8-14(16)4-5-15(13)19(20)21/h4-9,11,17H,3,10H2,1-2H3. The molecule has 2 rings (SSSR count). The SMILES string of the molecule is CCNC(C)c1ccn(Cc2cc(F)ccc2[N+](=O)[O-])c1. The van der Waals surface area contributed by atoms with Crippen molar-refractivity contribution >= 4 is 5.69 Å². The Morgan fingerprint density at radius 3 is 2.86 bits per heavy atom.